The molecule has 6 amide bonds. The van der Waals surface area contributed by atoms with Crippen LogP contribution in [0.4, 0.5) is 0 Å². The lowest BCUT2D eigenvalue weighted by Crippen LogP contribution is -2.60. The Morgan fingerprint density at radius 1 is 0.725 bits per heavy atom. The summed E-state index contributed by atoms with van der Waals surface area (Å²) in [4.78, 5) is 106. The first-order valence-corrected chi connectivity index (χ1v) is 18.2. The van der Waals surface area contributed by atoms with Crippen molar-refractivity contribution in [2.24, 2.45) is 11.8 Å². The Bertz CT molecular complexity index is 1310. The van der Waals surface area contributed by atoms with E-state index < -0.39 is 90.7 Å². The van der Waals surface area contributed by atoms with Crippen LogP contribution in [0.3, 0.4) is 0 Å². The van der Waals surface area contributed by atoms with Crippen LogP contribution >= 0.6 is 0 Å². The van der Waals surface area contributed by atoms with Gasteiger partial charge in [-0.15, -0.1) is 0 Å². The van der Waals surface area contributed by atoms with E-state index in [1.54, 1.807) is 13.8 Å². The van der Waals surface area contributed by atoms with Gasteiger partial charge in [-0.2, -0.15) is 0 Å². The van der Waals surface area contributed by atoms with E-state index in [1.165, 1.54) is 9.80 Å². The van der Waals surface area contributed by atoms with Crippen LogP contribution in [0.2, 0.25) is 0 Å². The van der Waals surface area contributed by atoms with Crippen molar-refractivity contribution in [3.05, 3.63) is 0 Å². The van der Waals surface area contributed by atoms with E-state index in [4.69, 9.17) is 0 Å². The number of hydrogen-bond acceptors (Lipinski definition) is 9. The summed E-state index contributed by atoms with van der Waals surface area (Å²) in [5.41, 5.74) is 0. The van der Waals surface area contributed by atoms with Crippen molar-refractivity contribution < 1.29 is 48.6 Å². The summed E-state index contributed by atoms with van der Waals surface area (Å²) < 4.78 is 0. The number of carbonyl (C=O) groups is 8. The Morgan fingerprint density at radius 2 is 1.27 bits per heavy atom. The van der Waals surface area contributed by atoms with Crippen molar-refractivity contribution in [2.45, 2.75) is 128 Å². The van der Waals surface area contributed by atoms with Gasteiger partial charge in [0.15, 0.2) is 0 Å². The minimum absolute atomic E-state index is 0.164. The molecule has 0 bridgehead atoms. The highest BCUT2D eigenvalue weighted by atomic mass is 16.4. The molecule has 0 aliphatic carbocycles. The van der Waals surface area contributed by atoms with Gasteiger partial charge in [0, 0.05) is 19.5 Å². The standard InChI is InChI=1S/C34H55N7O10/c1-5-19(3)27(33(49)41-17-9-12-24(41)31(47)39-28(34(50)51)20(4)6-2)38-30(46)23-11-8-16-40(23)32(48)22(13-14-26(43)44)37-25(42)18-36-29(45)21-10-7-15-35-21/h19-24,27-28,35H,5-18H2,1-4H3,(H,36,45)(H,37,42)(H,38,46)(H,39,47)(H,43,44)(H,50,51)/t19-,20-,21-,22-,23-,24-,27-,28-/m0/s1. The lowest BCUT2D eigenvalue weighted by molar-refractivity contribution is -0.147. The van der Waals surface area contributed by atoms with E-state index in [0.717, 1.165) is 6.42 Å². The maximum Gasteiger partial charge on any atom is 0.326 e. The fourth-order valence-corrected chi connectivity index (χ4v) is 6.82. The summed E-state index contributed by atoms with van der Waals surface area (Å²) in [5.74, 6) is -6.38. The number of carboxylic acid groups (broad SMARTS) is 2. The van der Waals surface area contributed by atoms with E-state index in [-0.39, 0.29) is 43.7 Å². The average Bonchev–Trinajstić information content (AvgIpc) is 3.91. The fraction of sp³-hybridized carbons (Fsp3) is 0.765. The third-order valence-corrected chi connectivity index (χ3v) is 10.3. The zero-order valence-corrected chi connectivity index (χ0v) is 30.1. The van der Waals surface area contributed by atoms with Crippen LogP contribution in [0, 0.1) is 11.8 Å². The number of carbonyl (C=O) groups excluding carboxylic acids is 6. The molecule has 0 aromatic carbocycles. The lowest BCUT2D eigenvalue weighted by atomic mass is 9.96. The van der Waals surface area contributed by atoms with E-state index >= 15 is 0 Å². The summed E-state index contributed by atoms with van der Waals surface area (Å²) >= 11 is 0. The summed E-state index contributed by atoms with van der Waals surface area (Å²) in [6.07, 6.45) is 3.38. The molecule has 286 valence electrons. The van der Waals surface area contributed by atoms with Crippen molar-refractivity contribution in [3.8, 4) is 0 Å². The van der Waals surface area contributed by atoms with Gasteiger partial charge in [0.2, 0.25) is 35.4 Å². The van der Waals surface area contributed by atoms with Crippen LogP contribution in [-0.2, 0) is 38.4 Å². The molecule has 0 unspecified atom stereocenters. The predicted molar refractivity (Wildman–Crippen MR) is 183 cm³/mol. The number of nitrogens with one attached hydrogen (secondary N) is 5. The molecule has 3 aliphatic rings. The Balaban J connectivity index is 1.71. The van der Waals surface area contributed by atoms with Crippen molar-refractivity contribution >= 4 is 47.4 Å². The molecule has 0 radical (unpaired) electrons. The molecule has 17 nitrogen and oxygen atoms in total. The molecule has 0 saturated carbocycles. The smallest absolute Gasteiger partial charge is 0.326 e. The normalized spacial score (nSPS) is 23.0. The van der Waals surface area contributed by atoms with Gasteiger partial charge in [0.05, 0.1) is 12.6 Å². The number of hydrogen-bond donors (Lipinski definition) is 7. The van der Waals surface area contributed by atoms with Crippen molar-refractivity contribution in [3.63, 3.8) is 0 Å². The number of amides is 6. The molecule has 0 spiro atoms. The van der Waals surface area contributed by atoms with Gasteiger partial charge in [0.25, 0.3) is 0 Å². The second-order valence-electron chi connectivity index (χ2n) is 13.9. The molecule has 3 rings (SSSR count). The van der Waals surface area contributed by atoms with E-state index in [2.05, 4.69) is 26.6 Å². The molecule has 8 atom stereocenters. The van der Waals surface area contributed by atoms with Gasteiger partial charge in [0.1, 0.15) is 30.2 Å². The summed E-state index contributed by atoms with van der Waals surface area (Å²) in [7, 11) is 0. The number of rotatable bonds is 18. The fourth-order valence-electron chi connectivity index (χ4n) is 6.82. The zero-order valence-electron chi connectivity index (χ0n) is 30.1. The van der Waals surface area contributed by atoms with Crippen LogP contribution < -0.4 is 26.6 Å². The number of carboxylic acids is 2. The van der Waals surface area contributed by atoms with Crippen molar-refractivity contribution in [2.75, 3.05) is 26.2 Å². The highest BCUT2D eigenvalue weighted by Crippen LogP contribution is 2.24. The molecule has 3 aliphatic heterocycles. The summed E-state index contributed by atoms with van der Waals surface area (Å²) in [6, 6.07) is -5.76. The summed E-state index contributed by atoms with van der Waals surface area (Å²) in [5, 5.41) is 32.5. The Kier molecular flexibility index (Phi) is 15.6. The molecular weight excluding hydrogens is 666 g/mol. The van der Waals surface area contributed by atoms with Crippen LogP contribution in [0.15, 0.2) is 0 Å². The van der Waals surface area contributed by atoms with E-state index in [9.17, 15) is 48.6 Å². The zero-order chi connectivity index (χ0) is 37.8. The topological polar surface area (TPSA) is 244 Å². The van der Waals surface area contributed by atoms with Crippen LogP contribution in [0.25, 0.3) is 0 Å². The van der Waals surface area contributed by atoms with Gasteiger partial charge in [-0.3, -0.25) is 33.6 Å². The molecule has 0 aromatic heterocycles. The summed E-state index contributed by atoms with van der Waals surface area (Å²) in [6.45, 7) is 7.86. The molecule has 7 N–H and O–H groups in total. The number of aliphatic carboxylic acids is 2. The average molecular weight is 722 g/mol. The van der Waals surface area contributed by atoms with E-state index in [1.807, 2.05) is 13.8 Å². The quantitative estimate of drug-likeness (QED) is 0.0936. The second-order valence-corrected chi connectivity index (χ2v) is 13.9. The molecule has 17 heteroatoms. The first-order valence-electron chi connectivity index (χ1n) is 18.2. The van der Waals surface area contributed by atoms with Gasteiger partial charge in [-0.25, -0.2) is 4.79 Å². The third kappa shape index (κ3) is 11.1. The third-order valence-electron chi connectivity index (χ3n) is 10.3. The number of nitrogens with zero attached hydrogens (tertiary/aromatic N) is 2. The minimum Gasteiger partial charge on any atom is -0.481 e. The second kappa shape index (κ2) is 19.4. The monoisotopic (exact) mass is 721 g/mol. The SMILES string of the molecule is CC[C@H](C)[C@H](NC(=O)[C@@H]1CCCN1C(=O)[C@@H](NC(=O)[C@@H]1CCCN1C(=O)[C@H](CCC(=O)O)NC(=O)CNC(=O)[C@@H]1CCCN1)[C@@H](C)CC)C(=O)O. The molecule has 3 heterocycles. The van der Waals surface area contributed by atoms with Gasteiger partial charge in [-0.05, 0) is 63.3 Å². The van der Waals surface area contributed by atoms with Gasteiger partial charge < -0.3 is 46.6 Å². The van der Waals surface area contributed by atoms with Gasteiger partial charge >= 0.3 is 11.9 Å². The maximum atomic E-state index is 14.0. The Labute approximate surface area is 298 Å². The van der Waals surface area contributed by atoms with Crippen molar-refractivity contribution in [1.29, 1.82) is 0 Å². The Morgan fingerprint density at radius 3 is 1.78 bits per heavy atom. The first kappa shape index (κ1) is 41.1. The van der Waals surface area contributed by atoms with Crippen molar-refractivity contribution in [1.82, 2.24) is 36.4 Å². The molecule has 51 heavy (non-hydrogen) atoms. The predicted octanol–water partition coefficient (Wildman–Crippen LogP) is -0.667. The highest BCUT2D eigenvalue weighted by molar-refractivity contribution is 5.97. The van der Waals surface area contributed by atoms with Crippen LogP contribution in [0.1, 0.15) is 91.9 Å². The minimum atomic E-state index is -1.27. The van der Waals surface area contributed by atoms with Crippen LogP contribution in [0.5, 0.6) is 0 Å². The largest absolute Gasteiger partial charge is 0.481 e. The van der Waals surface area contributed by atoms with Gasteiger partial charge in [-0.1, -0.05) is 40.5 Å². The van der Waals surface area contributed by atoms with E-state index in [0.29, 0.717) is 45.1 Å². The Hall–Kier alpha value is -4.28. The first-order chi connectivity index (χ1) is 24.2. The number of likely N-dealkylation sites (tertiary alicyclic amines) is 2. The highest BCUT2D eigenvalue weighted by Gasteiger charge is 2.43. The lowest BCUT2D eigenvalue weighted by Gasteiger charge is -2.34. The van der Waals surface area contributed by atoms with Crippen LogP contribution in [-0.4, -0.2) is 130 Å². The maximum absolute atomic E-state index is 14.0. The molecular formula is C34H55N7O10. The molecule has 3 saturated heterocycles. The molecule has 3 fully saturated rings. The molecule has 0 aromatic rings.